The third kappa shape index (κ3) is 6.08. The first-order valence-electron chi connectivity index (χ1n) is 6.21. The summed E-state index contributed by atoms with van der Waals surface area (Å²) in [6.45, 7) is -0.0969. The van der Waals surface area contributed by atoms with Crippen LogP contribution in [0.1, 0.15) is 5.56 Å². The third-order valence-corrected chi connectivity index (χ3v) is 4.08. The average Bonchev–Trinajstić information content (AvgIpc) is 2.37. The number of methoxy groups -OCH3 is 1. The van der Waals surface area contributed by atoms with Crippen LogP contribution in [0.25, 0.3) is 0 Å². The Balaban J connectivity index is 2.86. The van der Waals surface area contributed by atoms with E-state index >= 15 is 0 Å². The van der Waals surface area contributed by atoms with Gasteiger partial charge in [0.05, 0.1) is 13.2 Å². The number of nitrogens with zero attached hydrogens (tertiary/aromatic N) is 1. The molecule has 0 unspecified atom stereocenters. The van der Waals surface area contributed by atoms with E-state index in [1.807, 2.05) is 0 Å². The number of nitrogens with two attached hydrogens (primary N) is 2. The molecule has 0 aliphatic carbocycles. The summed E-state index contributed by atoms with van der Waals surface area (Å²) in [7, 11) is -2.38. The summed E-state index contributed by atoms with van der Waals surface area (Å²) in [5.74, 6) is -0.740. The van der Waals surface area contributed by atoms with E-state index < -0.39 is 22.7 Å². The number of amides is 1. The first-order valence-corrected chi connectivity index (χ1v) is 7.65. The maximum Gasteiger partial charge on any atom is 0.280 e. The zero-order chi connectivity index (χ0) is 15.9. The molecule has 0 heterocycles. The number of hydrogen-bond donors (Lipinski definition) is 3. The van der Waals surface area contributed by atoms with Crippen LogP contribution in [0.5, 0.6) is 0 Å². The number of nitrogens with one attached hydrogen (secondary N) is 1. The van der Waals surface area contributed by atoms with Crippen LogP contribution in [0.2, 0.25) is 0 Å². The smallest absolute Gasteiger partial charge is 0.280 e. The molecule has 0 atom stereocenters. The van der Waals surface area contributed by atoms with E-state index in [4.69, 9.17) is 16.2 Å². The molecule has 8 nitrogen and oxygen atoms in total. The average molecular weight is 316 g/mol. The molecule has 0 bridgehead atoms. The van der Waals surface area contributed by atoms with Crippen molar-refractivity contribution in [2.45, 2.75) is 6.54 Å². The van der Waals surface area contributed by atoms with Crippen molar-refractivity contribution in [3.63, 3.8) is 0 Å². The Bertz CT molecular complexity index is 576. The van der Waals surface area contributed by atoms with Crippen molar-refractivity contribution in [2.24, 2.45) is 5.73 Å². The van der Waals surface area contributed by atoms with Gasteiger partial charge in [-0.2, -0.15) is 17.4 Å². The fourth-order valence-electron chi connectivity index (χ4n) is 1.66. The van der Waals surface area contributed by atoms with Crippen LogP contribution in [0.3, 0.4) is 0 Å². The summed E-state index contributed by atoms with van der Waals surface area (Å²) >= 11 is 0. The molecule has 5 N–H and O–H groups in total. The minimum atomic E-state index is -3.84. The molecule has 1 aromatic carbocycles. The second-order valence-electron chi connectivity index (χ2n) is 4.37. The number of nitrogen functional groups attached to an aromatic ring is 1. The number of anilines is 1. The maximum absolute atomic E-state index is 12.2. The van der Waals surface area contributed by atoms with E-state index in [1.165, 1.54) is 7.11 Å². The van der Waals surface area contributed by atoms with Gasteiger partial charge >= 0.3 is 0 Å². The third-order valence-electron chi connectivity index (χ3n) is 2.57. The minimum Gasteiger partial charge on any atom is -0.399 e. The molecular weight excluding hydrogens is 296 g/mol. The number of hydrogen-bond acceptors (Lipinski definition) is 5. The van der Waals surface area contributed by atoms with Crippen molar-refractivity contribution in [1.29, 1.82) is 0 Å². The van der Waals surface area contributed by atoms with E-state index in [1.54, 1.807) is 24.3 Å². The van der Waals surface area contributed by atoms with Gasteiger partial charge in [-0.25, -0.2) is 0 Å². The minimum absolute atomic E-state index is 0.00368. The second-order valence-corrected chi connectivity index (χ2v) is 6.13. The van der Waals surface area contributed by atoms with E-state index in [2.05, 4.69) is 4.72 Å². The lowest BCUT2D eigenvalue weighted by Crippen LogP contribution is -2.45. The van der Waals surface area contributed by atoms with Gasteiger partial charge in [0, 0.05) is 25.9 Å². The first kappa shape index (κ1) is 17.4. The molecule has 0 aliphatic rings. The zero-order valence-electron chi connectivity index (χ0n) is 11.8. The molecule has 1 aromatic rings. The molecule has 9 heteroatoms. The summed E-state index contributed by atoms with van der Waals surface area (Å²) in [4.78, 5) is 11.1. The van der Waals surface area contributed by atoms with E-state index in [-0.39, 0.29) is 19.7 Å². The Morgan fingerprint density at radius 3 is 2.71 bits per heavy atom. The molecule has 0 saturated carbocycles. The Morgan fingerprint density at radius 2 is 2.14 bits per heavy atom. The normalized spacial score (nSPS) is 11.7. The highest BCUT2D eigenvalue weighted by atomic mass is 32.2. The van der Waals surface area contributed by atoms with Gasteiger partial charge < -0.3 is 16.2 Å². The predicted molar refractivity (Wildman–Crippen MR) is 79.3 cm³/mol. The quantitative estimate of drug-likeness (QED) is 0.399. The summed E-state index contributed by atoms with van der Waals surface area (Å²) in [5.41, 5.74) is 11.9. The molecule has 0 fully saturated rings. The molecule has 0 radical (unpaired) electrons. The van der Waals surface area contributed by atoms with Gasteiger partial charge in [0.2, 0.25) is 5.91 Å². The molecule has 0 saturated heterocycles. The van der Waals surface area contributed by atoms with Crippen molar-refractivity contribution in [2.75, 3.05) is 32.5 Å². The number of carbonyl (C=O) groups is 1. The summed E-state index contributed by atoms with van der Waals surface area (Å²) < 4.78 is 32.4. The predicted octanol–water partition coefficient (Wildman–Crippen LogP) is -0.963. The SMILES string of the molecule is COCCNS(=O)(=O)N(CC(N)=O)Cc1cccc(N)c1. The number of ether oxygens (including phenoxy) is 1. The van der Waals surface area contributed by atoms with Gasteiger partial charge in [-0.05, 0) is 17.7 Å². The molecule has 1 amide bonds. The summed E-state index contributed by atoms with van der Waals surface area (Å²) in [6.07, 6.45) is 0. The highest BCUT2D eigenvalue weighted by Gasteiger charge is 2.23. The molecule has 0 aromatic heterocycles. The standard InChI is InChI=1S/C12H20N4O4S/c1-20-6-5-15-21(18,19)16(9-12(14)17)8-10-3-2-4-11(13)7-10/h2-4,7,15H,5-6,8-9,13H2,1H3,(H2,14,17). The molecular formula is C12H20N4O4S. The van der Waals surface area contributed by atoms with Crippen LogP contribution in [0.15, 0.2) is 24.3 Å². The fourth-order valence-corrected chi connectivity index (χ4v) is 2.80. The number of primary amides is 1. The fraction of sp³-hybridized carbons (Fsp3) is 0.417. The van der Waals surface area contributed by atoms with E-state index in [0.29, 0.717) is 11.3 Å². The van der Waals surface area contributed by atoms with Gasteiger partial charge in [-0.15, -0.1) is 0 Å². The summed E-state index contributed by atoms with van der Waals surface area (Å²) in [6, 6.07) is 6.75. The van der Waals surface area contributed by atoms with Crippen LogP contribution < -0.4 is 16.2 Å². The van der Waals surface area contributed by atoms with E-state index in [0.717, 1.165) is 4.31 Å². The molecule has 0 spiro atoms. The van der Waals surface area contributed by atoms with Crippen molar-refractivity contribution in [3.05, 3.63) is 29.8 Å². The Labute approximate surface area is 124 Å². The largest absolute Gasteiger partial charge is 0.399 e. The van der Waals surface area contributed by atoms with Gasteiger partial charge in [0.25, 0.3) is 10.2 Å². The Morgan fingerprint density at radius 1 is 1.43 bits per heavy atom. The molecule has 21 heavy (non-hydrogen) atoms. The number of carbonyl (C=O) groups excluding carboxylic acids is 1. The molecule has 118 valence electrons. The van der Waals surface area contributed by atoms with Gasteiger partial charge in [0.1, 0.15) is 0 Å². The van der Waals surface area contributed by atoms with Gasteiger partial charge in [0.15, 0.2) is 0 Å². The van der Waals surface area contributed by atoms with Crippen LogP contribution in [-0.2, 0) is 26.3 Å². The lowest BCUT2D eigenvalue weighted by molar-refractivity contribution is -0.118. The van der Waals surface area contributed by atoms with Crippen molar-refractivity contribution < 1.29 is 17.9 Å². The highest BCUT2D eigenvalue weighted by Crippen LogP contribution is 2.11. The first-order chi connectivity index (χ1) is 9.85. The Kier molecular flexibility index (Phi) is 6.56. The summed E-state index contributed by atoms with van der Waals surface area (Å²) in [5, 5.41) is 0. The highest BCUT2D eigenvalue weighted by molar-refractivity contribution is 7.87. The van der Waals surface area contributed by atoms with Crippen LogP contribution in [-0.4, -0.2) is 45.4 Å². The number of rotatable bonds is 9. The Hall–Kier alpha value is -1.68. The molecule has 0 aliphatic heterocycles. The van der Waals surface area contributed by atoms with Crippen LogP contribution >= 0.6 is 0 Å². The number of benzene rings is 1. The van der Waals surface area contributed by atoms with Crippen molar-refractivity contribution >= 4 is 21.8 Å². The van der Waals surface area contributed by atoms with Gasteiger partial charge in [-0.1, -0.05) is 12.1 Å². The topological polar surface area (TPSA) is 128 Å². The zero-order valence-corrected chi connectivity index (χ0v) is 12.6. The maximum atomic E-state index is 12.2. The second kappa shape index (κ2) is 7.93. The lowest BCUT2D eigenvalue weighted by Gasteiger charge is -2.21. The van der Waals surface area contributed by atoms with Crippen molar-refractivity contribution in [1.82, 2.24) is 9.03 Å². The lowest BCUT2D eigenvalue weighted by atomic mass is 10.2. The van der Waals surface area contributed by atoms with Gasteiger partial charge in [-0.3, -0.25) is 4.79 Å². The molecule has 1 rings (SSSR count). The van der Waals surface area contributed by atoms with Crippen molar-refractivity contribution in [3.8, 4) is 0 Å². The van der Waals surface area contributed by atoms with Crippen LogP contribution in [0.4, 0.5) is 5.69 Å². The monoisotopic (exact) mass is 316 g/mol. The van der Waals surface area contributed by atoms with E-state index in [9.17, 15) is 13.2 Å². The van der Waals surface area contributed by atoms with Crippen LogP contribution in [0, 0.1) is 0 Å².